The number of hydrogen-bond acceptors (Lipinski definition) is 2. The molecule has 1 heterocycles. The lowest BCUT2D eigenvalue weighted by atomic mass is 10.2. The number of carbonyl (C=O) groups excluding carboxylic acids is 1. The molecule has 0 aliphatic rings. The molecular formula is C14H16N2O. The highest BCUT2D eigenvalue weighted by atomic mass is 16.1. The highest BCUT2D eigenvalue weighted by Crippen LogP contribution is 2.14. The predicted octanol–water partition coefficient (Wildman–Crippen LogP) is 2.81. The van der Waals surface area contributed by atoms with Gasteiger partial charge in [-0.15, -0.1) is 0 Å². The molecule has 3 nitrogen and oxygen atoms in total. The summed E-state index contributed by atoms with van der Waals surface area (Å²) in [6.07, 6.45) is 2.71. The zero-order chi connectivity index (χ0) is 12.3. The fraction of sp³-hybridized carbons (Fsp3) is 0.286. The monoisotopic (exact) mass is 228 g/mol. The lowest BCUT2D eigenvalue weighted by Crippen LogP contribution is -2.02. The summed E-state index contributed by atoms with van der Waals surface area (Å²) in [5, 5.41) is 4.55. The molecule has 0 unspecified atom stereocenters. The molecule has 0 amide bonds. The summed E-state index contributed by atoms with van der Waals surface area (Å²) in [4.78, 5) is 10.8. The van der Waals surface area contributed by atoms with Gasteiger partial charge in [-0.2, -0.15) is 5.10 Å². The van der Waals surface area contributed by atoms with Crippen LogP contribution in [0.1, 0.15) is 35.6 Å². The van der Waals surface area contributed by atoms with Crippen molar-refractivity contribution < 1.29 is 4.79 Å². The summed E-state index contributed by atoms with van der Waals surface area (Å²) in [7, 11) is 0. The Morgan fingerprint density at radius 1 is 1.24 bits per heavy atom. The van der Waals surface area contributed by atoms with E-state index >= 15 is 0 Å². The molecule has 3 heteroatoms. The van der Waals surface area contributed by atoms with Gasteiger partial charge in [-0.1, -0.05) is 26.0 Å². The van der Waals surface area contributed by atoms with Gasteiger partial charge in [-0.05, 0) is 31.0 Å². The van der Waals surface area contributed by atoms with E-state index in [2.05, 4.69) is 25.0 Å². The highest BCUT2D eigenvalue weighted by Gasteiger charge is 2.07. The lowest BCUT2D eigenvalue weighted by Gasteiger charge is -2.05. The Morgan fingerprint density at radius 2 is 2.06 bits per heavy atom. The van der Waals surface area contributed by atoms with E-state index in [4.69, 9.17) is 0 Å². The quantitative estimate of drug-likeness (QED) is 0.754. The van der Waals surface area contributed by atoms with Crippen LogP contribution in [0.3, 0.4) is 0 Å². The van der Waals surface area contributed by atoms with Crippen molar-refractivity contribution in [2.45, 2.75) is 26.7 Å². The molecule has 1 aromatic heterocycles. The van der Waals surface area contributed by atoms with E-state index in [1.165, 1.54) is 5.69 Å². The number of benzene rings is 1. The van der Waals surface area contributed by atoms with Crippen LogP contribution in [0, 0.1) is 0 Å². The van der Waals surface area contributed by atoms with Gasteiger partial charge in [0.15, 0.2) is 0 Å². The first-order valence-electron chi connectivity index (χ1n) is 5.92. The number of aromatic nitrogens is 2. The number of rotatable bonds is 4. The van der Waals surface area contributed by atoms with Gasteiger partial charge >= 0.3 is 0 Å². The largest absolute Gasteiger partial charge is 0.298 e. The maximum atomic E-state index is 10.8. The molecule has 2 aromatic rings. The second-order valence-electron chi connectivity index (χ2n) is 3.96. The molecular weight excluding hydrogens is 212 g/mol. The Hall–Kier alpha value is -1.90. The number of aryl methyl sites for hydroxylation is 2. The predicted molar refractivity (Wildman–Crippen MR) is 67.7 cm³/mol. The summed E-state index contributed by atoms with van der Waals surface area (Å²) in [5.41, 5.74) is 3.88. The fourth-order valence-electron chi connectivity index (χ4n) is 1.85. The van der Waals surface area contributed by atoms with Crippen molar-refractivity contribution in [3.63, 3.8) is 0 Å². The SMILES string of the molecule is CCc1cc(CC)n(-c2cccc(C=O)c2)n1. The Morgan fingerprint density at radius 3 is 2.71 bits per heavy atom. The maximum Gasteiger partial charge on any atom is 0.150 e. The van der Waals surface area contributed by atoms with Crippen LogP contribution in [0.2, 0.25) is 0 Å². The first kappa shape index (κ1) is 11.6. The average molecular weight is 228 g/mol. The minimum Gasteiger partial charge on any atom is -0.298 e. The molecule has 0 N–H and O–H groups in total. The van der Waals surface area contributed by atoms with E-state index in [1.54, 1.807) is 6.07 Å². The van der Waals surface area contributed by atoms with Crippen LogP contribution in [-0.4, -0.2) is 16.1 Å². The van der Waals surface area contributed by atoms with Gasteiger partial charge < -0.3 is 0 Å². The summed E-state index contributed by atoms with van der Waals surface area (Å²) in [6, 6.07) is 9.63. The van der Waals surface area contributed by atoms with Crippen LogP contribution in [-0.2, 0) is 12.8 Å². The molecule has 0 radical (unpaired) electrons. The van der Waals surface area contributed by atoms with Gasteiger partial charge in [0.1, 0.15) is 6.29 Å². The van der Waals surface area contributed by atoms with Crippen molar-refractivity contribution in [2.24, 2.45) is 0 Å². The van der Waals surface area contributed by atoms with E-state index in [0.717, 1.165) is 30.5 Å². The summed E-state index contributed by atoms with van der Waals surface area (Å²) >= 11 is 0. The van der Waals surface area contributed by atoms with E-state index in [0.29, 0.717) is 5.56 Å². The third-order valence-electron chi connectivity index (χ3n) is 2.81. The zero-order valence-electron chi connectivity index (χ0n) is 10.2. The third-order valence-corrected chi connectivity index (χ3v) is 2.81. The maximum absolute atomic E-state index is 10.8. The molecule has 0 fully saturated rings. The van der Waals surface area contributed by atoms with E-state index < -0.39 is 0 Å². The molecule has 2 rings (SSSR count). The van der Waals surface area contributed by atoms with Crippen molar-refractivity contribution in [3.8, 4) is 5.69 Å². The molecule has 17 heavy (non-hydrogen) atoms. The molecule has 0 aliphatic heterocycles. The van der Waals surface area contributed by atoms with Gasteiger partial charge in [-0.25, -0.2) is 4.68 Å². The van der Waals surface area contributed by atoms with E-state index in [9.17, 15) is 4.79 Å². The van der Waals surface area contributed by atoms with Gasteiger partial charge in [0, 0.05) is 11.3 Å². The molecule has 0 bridgehead atoms. The molecule has 0 atom stereocenters. The van der Waals surface area contributed by atoms with Crippen molar-refractivity contribution in [1.29, 1.82) is 0 Å². The fourth-order valence-corrected chi connectivity index (χ4v) is 1.85. The van der Waals surface area contributed by atoms with Crippen LogP contribution in [0.4, 0.5) is 0 Å². The highest BCUT2D eigenvalue weighted by molar-refractivity contribution is 5.75. The molecule has 0 spiro atoms. The van der Waals surface area contributed by atoms with Gasteiger partial charge in [0.25, 0.3) is 0 Å². The molecule has 0 saturated carbocycles. The zero-order valence-corrected chi connectivity index (χ0v) is 10.2. The van der Waals surface area contributed by atoms with Crippen molar-refractivity contribution >= 4 is 6.29 Å². The lowest BCUT2D eigenvalue weighted by molar-refractivity contribution is 0.112. The Bertz CT molecular complexity index is 529. The first-order chi connectivity index (χ1) is 8.28. The topological polar surface area (TPSA) is 34.9 Å². The summed E-state index contributed by atoms with van der Waals surface area (Å²) < 4.78 is 1.92. The minimum absolute atomic E-state index is 0.679. The normalized spacial score (nSPS) is 10.5. The van der Waals surface area contributed by atoms with Crippen molar-refractivity contribution in [3.05, 3.63) is 47.3 Å². The number of carbonyl (C=O) groups is 1. The second kappa shape index (κ2) is 4.95. The smallest absolute Gasteiger partial charge is 0.150 e. The van der Waals surface area contributed by atoms with Crippen LogP contribution in [0.25, 0.3) is 5.69 Å². The third kappa shape index (κ3) is 2.28. The minimum atomic E-state index is 0.679. The Kier molecular flexibility index (Phi) is 3.38. The van der Waals surface area contributed by atoms with Crippen molar-refractivity contribution in [1.82, 2.24) is 9.78 Å². The number of nitrogens with zero attached hydrogens (tertiary/aromatic N) is 2. The van der Waals surface area contributed by atoms with E-state index in [1.807, 2.05) is 22.9 Å². The van der Waals surface area contributed by atoms with Crippen LogP contribution in [0.15, 0.2) is 30.3 Å². The number of aldehydes is 1. The first-order valence-corrected chi connectivity index (χ1v) is 5.92. The number of hydrogen-bond donors (Lipinski definition) is 0. The van der Waals surface area contributed by atoms with Gasteiger partial charge in [0.2, 0.25) is 0 Å². The molecule has 88 valence electrons. The van der Waals surface area contributed by atoms with Crippen LogP contribution in [0.5, 0.6) is 0 Å². The Labute approximate surface area is 101 Å². The van der Waals surface area contributed by atoms with Crippen LogP contribution < -0.4 is 0 Å². The van der Waals surface area contributed by atoms with Crippen molar-refractivity contribution in [2.75, 3.05) is 0 Å². The van der Waals surface area contributed by atoms with Crippen LogP contribution >= 0.6 is 0 Å². The average Bonchev–Trinajstić information content (AvgIpc) is 2.82. The van der Waals surface area contributed by atoms with Gasteiger partial charge in [-0.3, -0.25) is 4.79 Å². The van der Waals surface area contributed by atoms with E-state index in [-0.39, 0.29) is 0 Å². The standard InChI is InChI=1S/C14H16N2O/c1-3-12-9-13(4-2)16(15-12)14-7-5-6-11(8-14)10-17/h5-10H,3-4H2,1-2H3. The van der Waals surface area contributed by atoms with Gasteiger partial charge in [0.05, 0.1) is 11.4 Å². The summed E-state index contributed by atoms with van der Waals surface area (Å²) in [6.45, 7) is 4.20. The molecule has 0 aliphatic carbocycles. The Balaban J connectivity index is 2.50. The summed E-state index contributed by atoms with van der Waals surface area (Å²) in [5.74, 6) is 0. The molecule has 0 saturated heterocycles. The molecule has 1 aromatic carbocycles. The second-order valence-corrected chi connectivity index (χ2v) is 3.96.